The highest BCUT2D eigenvalue weighted by molar-refractivity contribution is 5.95. The molecule has 120 valence electrons. The van der Waals surface area contributed by atoms with Crippen molar-refractivity contribution in [3.63, 3.8) is 0 Å². The quantitative estimate of drug-likeness (QED) is 0.892. The Balaban J connectivity index is 1.76. The summed E-state index contributed by atoms with van der Waals surface area (Å²) < 4.78 is 13.0. The molecule has 3 rings (SSSR count). The number of hydrogen-bond donors (Lipinski definition) is 2. The SMILES string of the molecule is O=C(c1cccc(O)c1)N(CC(O)c1ccc(F)cc1)C1CC1. The lowest BCUT2D eigenvalue weighted by atomic mass is 10.1. The number of nitrogens with zero attached hydrogens (tertiary/aromatic N) is 1. The fraction of sp³-hybridized carbons (Fsp3) is 0.278. The van der Waals surface area contributed by atoms with Crippen molar-refractivity contribution in [1.29, 1.82) is 0 Å². The molecular weight excluding hydrogens is 297 g/mol. The van der Waals surface area contributed by atoms with Crippen molar-refractivity contribution >= 4 is 5.91 Å². The fourth-order valence-electron chi connectivity index (χ4n) is 2.57. The Bertz CT molecular complexity index is 698. The predicted molar refractivity (Wildman–Crippen MR) is 83.5 cm³/mol. The zero-order chi connectivity index (χ0) is 16.4. The van der Waals surface area contributed by atoms with Gasteiger partial charge >= 0.3 is 0 Å². The van der Waals surface area contributed by atoms with Crippen LogP contribution in [-0.4, -0.2) is 33.6 Å². The monoisotopic (exact) mass is 315 g/mol. The van der Waals surface area contributed by atoms with Crippen molar-refractivity contribution in [2.75, 3.05) is 6.54 Å². The van der Waals surface area contributed by atoms with Crippen LogP contribution in [0, 0.1) is 5.82 Å². The average Bonchev–Trinajstić information content (AvgIpc) is 3.37. The lowest BCUT2D eigenvalue weighted by molar-refractivity contribution is 0.0602. The second-order valence-electron chi connectivity index (χ2n) is 5.81. The van der Waals surface area contributed by atoms with Gasteiger partial charge in [-0.3, -0.25) is 4.79 Å². The van der Waals surface area contributed by atoms with E-state index in [2.05, 4.69) is 0 Å². The summed E-state index contributed by atoms with van der Waals surface area (Å²) in [6, 6.07) is 11.9. The van der Waals surface area contributed by atoms with E-state index < -0.39 is 6.10 Å². The maximum absolute atomic E-state index is 13.0. The standard InChI is InChI=1S/C18H18FNO3/c19-14-6-4-12(5-7-14)17(22)11-20(15-8-9-15)18(23)13-2-1-3-16(21)10-13/h1-7,10,15,17,21-22H,8-9,11H2. The van der Waals surface area contributed by atoms with Gasteiger partial charge in [-0.1, -0.05) is 18.2 Å². The van der Waals surface area contributed by atoms with Crippen molar-refractivity contribution in [2.45, 2.75) is 25.0 Å². The van der Waals surface area contributed by atoms with Crippen LogP contribution in [0.25, 0.3) is 0 Å². The lowest BCUT2D eigenvalue weighted by Gasteiger charge is -2.25. The van der Waals surface area contributed by atoms with Gasteiger partial charge in [0.1, 0.15) is 11.6 Å². The minimum Gasteiger partial charge on any atom is -0.508 e. The molecule has 2 aromatic carbocycles. The summed E-state index contributed by atoms with van der Waals surface area (Å²) in [5, 5.41) is 19.9. The minimum atomic E-state index is -0.877. The van der Waals surface area contributed by atoms with Crippen LogP contribution >= 0.6 is 0 Å². The number of rotatable bonds is 5. The van der Waals surface area contributed by atoms with E-state index in [1.165, 1.54) is 36.4 Å². The van der Waals surface area contributed by atoms with E-state index in [9.17, 15) is 19.4 Å². The molecule has 1 unspecified atom stereocenters. The molecule has 23 heavy (non-hydrogen) atoms. The molecule has 2 N–H and O–H groups in total. The number of hydrogen-bond acceptors (Lipinski definition) is 3. The van der Waals surface area contributed by atoms with Crippen molar-refractivity contribution in [1.82, 2.24) is 4.90 Å². The summed E-state index contributed by atoms with van der Waals surface area (Å²) in [7, 11) is 0. The Hall–Kier alpha value is -2.40. The zero-order valence-electron chi connectivity index (χ0n) is 12.5. The maximum atomic E-state index is 13.0. The summed E-state index contributed by atoms with van der Waals surface area (Å²) in [5.41, 5.74) is 0.962. The zero-order valence-corrected chi connectivity index (χ0v) is 12.5. The van der Waals surface area contributed by atoms with Gasteiger partial charge in [0.15, 0.2) is 0 Å². The third kappa shape index (κ3) is 3.68. The summed E-state index contributed by atoms with van der Waals surface area (Å²) in [4.78, 5) is 14.3. The van der Waals surface area contributed by atoms with Crippen LogP contribution in [-0.2, 0) is 0 Å². The van der Waals surface area contributed by atoms with Crippen LogP contribution in [0.5, 0.6) is 5.75 Å². The molecule has 0 bridgehead atoms. The van der Waals surface area contributed by atoms with Gasteiger partial charge in [0.25, 0.3) is 5.91 Å². The van der Waals surface area contributed by atoms with Gasteiger partial charge in [-0.15, -0.1) is 0 Å². The van der Waals surface area contributed by atoms with Crippen molar-refractivity contribution in [3.8, 4) is 5.75 Å². The molecular formula is C18H18FNO3. The van der Waals surface area contributed by atoms with Crippen molar-refractivity contribution in [3.05, 3.63) is 65.5 Å². The number of aliphatic hydroxyl groups is 1. The number of carbonyl (C=O) groups is 1. The number of carbonyl (C=O) groups excluding carboxylic acids is 1. The topological polar surface area (TPSA) is 60.8 Å². The van der Waals surface area contributed by atoms with Crippen LogP contribution in [0.15, 0.2) is 48.5 Å². The number of benzene rings is 2. The van der Waals surface area contributed by atoms with E-state index in [0.29, 0.717) is 11.1 Å². The van der Waals surface area contributed by atoms with E-state index in [4.69, 9.17) is 0 Å². The van der Waals surface area contributed by atoms with Gasteiger partial charge in [-0.2, -0.15) is 0 Å². The molecule has 0 aliphatic heterocycles. The molecule has 0 heterocycles. The van der Waals surface area contributed by atoms with Crippen molar-refractivity contribution in [2.24, 2.45) is 0 Å². The number of aromatic hydroxyl groups is 1. The highest BCUT2D eigenvalue weighted by atomic mass is 19.1. The van der Waals surface area contributed by atoms with Crippen molar-refractivity contribution < 1.29 is 19.4 Å². The first-order valence-corrected chi connectivity index (χ1v) is 7.58. The predicted octanol–water partition coefficient (Wildman–Crippen LogP) is 2.87. The van der Waals surface area contributed by atoms with Gasteiger partial charge < -0.3 is 15.1 Å². The summed E-state index contributed by atoms with van der Waals surface area (Å²) in [5.74, 6) is -0.550. The molecule has 0 saturated heterocycles. The first-order chi connectivity index (χ1) is 11.0. The lowest BCUT2D eigenvalue weighted by Crippen LogP contribution is -2.36. The second-order valence-corrected chi connectivity index (χ2v) is 5.81. The number of halogens is 1. The molecule has 1 atom stereocenters. The molecule has 1 saturated carbocycles. The van der Waals surface area contributed by atoms with E-state index in [1.54, 1.807) is 17.0 Å². The van der Waals surface area contributed by atoms with Gasteiger partial charge in [0, 0.05) is 11.6 Å². The molecule has 1 aliphatic rings. The largest absolute Gasteiger partial charge is 0.508 e. The highest BCUT2D eigenvalue weighted by Gasteiger charge is 2.34. The third-order valence-electron chi connectivity index (χ3n) is 3.97. The van der Waals surface area contributed by atoms with Gasteiger partial charge in [-0.25, -0.2) is 4.39 Å². The number of amides is 1. The van der Waals surface area contributed by atoms with Crippen LogP contribution < -0.4 is 0 Å². The van der Waals surface area contributed by atoms with Gasteiger partial charge in [-0.05, 0) is 48.7 Å². The Labute approximate surface area is 133 Å². The molecule has 1 amide bonds. The number of aliphatic hydroxyl groups excluding tert-OH is 1. The highest BCUT2D eigenvalue weighted by Crippen LogP contribution is 2.30. The third-order valence-corrected chi connectivity index (χ3v) is 3.97. The van der Waals surface area contributed by atoms with E-state index >= 15 is 0 Å². The number of phenolic OH excluding ortho intramolecular Hbond substituents is 1. The van der Waals surface area contributed by atoms with Gasteiger partial charge in [0.05, 0.1) is 12.6 Å². The molecule has 0 spiro atoms. The Morgan fingerprint density at radius 1 is 1.22 bits per heavy atom. The summed E-state index contributed by atoms with van der Waals surface area (Å²) in [6.07, 6.45) is 0.930. The minimum absolute atomic E-state index is 0.0330. The molecule has 2 aromatic rings. The summed E-state index contributed by atoms with van der Waals surface area (Å²) in [6.45, 7) is 0.144. The van der Waals surface area contributed by atoms with Crippen LogP contribution in [0.2, 0.25) is 0 Å². The Morgan fingerprint density at radius 2 is 1.91 bits per heavy atom. The van der Waals surface area contributed by atoms with Crippen LogP contribution in [0.3, 0.4) is 0 Å². The second kappa shape index (κ2) is 6.38. The van der Waals surface area contributed by atoms with Gasteiger partial charge in [0.2, 0.25) is 0 Å². The fourth-order valence-corrected chi connectivity index (χ4v) is 2.57. The normalized spacial score (nSPS) is 15.2. The smallest absolute Gasteiger partial charge is 0.254 e. The average molecular weight is 315 g/mol. The Morgan fingerprint density at radius 3 is 2.52 bits per heavy atom. The molecule has 5 heteroatoms. The summed E-state index contributed by atoms with van der Waals surface area (Å²) >= 11 is 0. The molecule has 0 aromatic heterocycles. The first kappa shape index (κ1) is 15.5. The molecule has 1 aliphatic carbocycles. The van der Waals surface area contributed by atoms with Crippen LogP contribution in [0.4, 0.5) is 4.39 Å². The van der Waals surface area contributed by atoms with Crippen LogP contribution in [0.1, 0.15) is 34.9 Å². The maximum Gasteiger partial charge on any atom is 0.254 e. The first-order valence-electron chi connectivity index (χ1n) is 7.58. The van der Waals surface area contributed by atoms with E-state index in [0.717, 1.165) is 12.8 Å². The molecule has 1 fully saturated rings. The molecule has 0 radical (unpaired) electrons. The number of phenols is 1. The molecule has 4 nitrogen and oxygen atoms in total. The van der Waals surface area contributed by atoms with E-state index in [1.807, 2.05) is 0 Å². The van der Waals surface area contributed by atoms with E-state index in [-0.39, 0.29) is 30.1 Å². The Kier molecular flexibility index (Phi) is 4.30.